The van der Waals surface area contributed by atoms with Crippen LogP contribution in [0.5, 0.6) is 0 Å². The first kappa shape index (κ1) is 10.0. The molecule has 15 heavy (non-hydrogen) atoms. The van der Waals surface area contributed by atoms with E-state index in [-0.39, 0.29) is 5.91 Å². The predicted molar refractivity (Wildman–Crippen MR) is 60.9 cm³/mol. The van der Waals surface area contributed by atoms with Crippen molar-refractivity contribution < 1.29 is 4.79 Å². The zero-order valence-electron chi connectivity index (χ0n) is 9.02. The Morgan fingerprint density at radius 3 is 2.20 bits per heavy atom. The number of amides is 1. The number of rotatable bonds is 1. The van der Waals surface area contributed by atoms with Crippen LogP contribution < -0.4 is 4.90 Å². The molecule has 1 fully saturated rings. The highest BCUT2D eigenvalue weighted by molar-refractivity contribution is 5.73. The molecule has 3 heteroatoms. The summed E-state index contributed by atoms with van der Waals surface area (Å²) in [6, 6.07) is 10.3. The van der Waals surface area contributed by atoms with Crippen LogP contribution in [0.15, 0.2) is 30.3 Å². The lowest BCUT2D eigenvalue weighted by Crippen LogP contribution is -2.48. The summed E-state index contributed by atoms with van der Waals surface area (Å²) in [5.41, 5.74) is 1.25. The minimum atomic E-state index is 0.183. The van der Waals surface area contributed by atoms with Crippen LogP contribution >= 0.6 is 0 Å². The number of para-hydroxylation sites is 1. The minimum Gasteiger partial charge on any atom is -0.368 e. The molecule has 0 bridgehead atoms. The van der Waals surface area contributed by atoms with Crippen LogP contribution in [0, 0.1) is 0 Å². The van der Waals surface area contributed by atoms with Crippen molar-refractivity contribution >= 4 is 11.6 Å². The quantitative estimate of drug-likeness (QED) is 0.688. The van der Waals surface area contributed by atoms with E-state index in [1.54, 1.807) is 6.92 Å². The molecule has 1 saturated heterocycles. The molecule has 1 aliphatic heterocycles. The van der Waals surface area contributed by atoms with Crippen LogP contribution in [0.2, 0.25) is 0 Å². The Labute approximate surface area is 90.3 Å². The molecule has 0 aromatic heterocycles. The molecule has 80 valence electrons. The van der Waals surface area contributed by atoms with Crippen LogP contribution in [0.3, 0.4) is 0 Å². The molecule has 1 heterocycles. The van der Waals surface area contributed by atoms with Gasteiger partial charge < -0.3 is 9.80 Å². The molecule has 3 nitrogen and oxygen atoms in total. The first-order chi connectivity index (χ1) is 7.27. The fraction of sp³-hybridized carbons (Fsp3) is 0.417. The van der Waals surface area contributed by atoms with E-state index >= 15 is 0 Å². The molecule has 0 spiro atoms. The third-order valence-corrected chi connectivity index (χ3v) is 2.85. The Morgan fingerprint density at radius 1 is 1.07 bits per heavy atom. The molecular weight excluding hydrogens is 187 g/mol. The molecule has 0 unspecified atom stereocenters. The zero-order valence-corrected chi connectivity index (χ0v) is 9.02. The molecule has 1 amide bonds. The maximum absolute atomic E-state index is 11.1. The van der Waals surface area contributed by atoms with Gasteiger partial charge >= 0.3 is 0 Å². The van der Waals surface area contributed by atoms with Gasteiger partial charge in [-0.3, -0.25) is 4.79 Å². The SMILES string of the molecule is C[11C](=O)N1CCN(c2ccccc2)CC1. The third-order valence-electron chi connectivity index (χ3n) is 2.85. The molecule has 1 aromatic rings. The zero-order chi connectivity index (χ0) is 10.7. The third kappa shape index (κ3) is 2.29. The summed E-state index contributed by atoms with van der Waals surface area (Å²) < 4.78 is 0. The molecule has 2 rings (SSSR count). The van der Waals surface area contributed by atoms with Gasteiger partial charge in [-0.1, -0.05) is 18.2 Å². The smallest absolute Gasteiger partial charge is 0.219 e. The molecule has 0 N–H and O–H groups in total. The average molecular weight is 203 g/mol. The summed E-state index contributed by atoms with van der Waals surface area (Å²) >= 11 is 0. The number of carbonyl (C=O) groups is 1. The Morgan fingerprint density at radius 2 is 1.67 bits per heavy atom. The van der Waals surface area contributed by atoms with E-state index in [0.717, 1.165) is 26.2 Å². The van der Waals surface area contributed by atoms with Crippen LogP contribution in [0.4, 0.5) is 5.69 Å². The van der Waals surface area contributed by atoms with Gasteiger partial charge in [0, 0.05) is 38.8 Å². The van der Waals surface area contributed by atoms with Crippen molar-refractivity contribution in [3.8, 4) is 0 Å². The average Bonchev–Trinajstić information content (AvgIpc) is 2.30. The maximum atomic E-state index is 11.1. The Hall–Kier alpha value is -1.51. The minimum absolute atomic E-state index is 0.183. The summed E-state index contributed by atoms with van der Waals surface area (Å²) in [6.45, 7) is 5.18. The summed E-state index contributed by atoms with van der Waals surface area (Å²) in [5, 5.41) is 0. The number of piperazine rings is 1. The number of hydrogen-bond donors (Lipinski definition) is 0. The highest BCUT2D eigenvalue weighted by Gasteiger charge is 2.18. The van der Waals surface area contributed by atoms with Gasteiger partial charge in [-0.25, -0.2) is 0 Å². The van der Waals surface area contributed by atoms with E-state index in [0.29, 0.717) is 0 Å². The first-order valence-electron chi connectivity index (χ1n) is 5.33. The van der Waals surface area contributed by atoms with Crippen molar-refractivity contribution in [2.24, 2.45) is 0 Å². The van der Waals surface area contributed by atoms with E-state index in [9.17, 15) is 4.79 Å². The lowest BCUT2D eigenvalue weighted by Gasteiger charge is -2.35. The van der Waals surface area contributed by atoms with Crippen LogP contribution in [0.1, 0.15) is 6.92 Å². The number of hydrogen-bond acceptors (Lipinski definition) is 2. The highest BCUT2D eigenvalue weighted by Crippen LogP contribution is 2.15. The number of benzene rings is 1. The largest absolute Gasteiger partial charge is 0.368 e. The highest BCUT2D eigenvalue weighted by atomic mass is 16.1. The summed E-state index contributed by atoms with van der Waals surface area (Å²) in [5.74, 6) is 0.183. The van der Waals surface area contributed by atoms with Crippen molar-refractivity contribution in [1.82, 2.24) is 4.90 Å². The van der Waals surface area contributed by atoms with Gasteiger partial charge in [0.05, 0.1) is 0 Å². The monoisotopic (exact) mass is 203 g/mol. The second kappa shape index (κ2) is 4.34. The van der Waals surface area contributed by atoms with Gasteiger partial charge in [0.1, 0.15) is 0 Å². The van der Waals surface area contributed by atoms with Crippen LogP contribution in [-0.2, 0) is 4.79 Å². The Kier molecular flexibility index (Phi) is 2.90. The fourth-order valence-corrected chi connectivity index (χ4v) is 1.92. The van der Waals surface area contributed by atoms with Crippen LogP contribution in [0.25, 0.3) is 0 Å². The first-order valence-corrected chi connectivity index (χ1v) is 5.33. The lowest BCUT2D eigenvalue weighted by molar-refractivity contribution is -0.129. The van der Waals surface area contributed by atoms with E-state index < -0.39 is 0 Å². The van der Waals surface area contributed by atoms with E-state index in [1.807, 2.05) is 23.1 Å². The van der Waals surface area contributed by atoms with E-state index in [2.05, 4.69) is 17.0 Å². The number of nitrogens with zero attached hydrogens (tertiary/aromatic N) is 2. The van der Waals surface area contributed by atoms with Crippen molar-refractivity contribution in [3.63, 3.8) is 0 Å². The topological polar surface area (TPSA) is 23.6 Å². The molecule has 1 aromatic carbocycles. The Balaban J connectivity index is 1.97. The summed E-state index contributed by atoms with van der Waals surface area (Å²) in [6.07, 6.45) is 0. The fourth-order valence-electron chi connectivity index (χ4n) is 1.92. The van der Waals surface area contributed by atoms with Gasteiger partial charge in [0.15, 0.2) is 0 Å². The van der Waals surface area contributed by atoms with Crippen molar-refractivity contribution in [2.45, 2.75) is 6.92 Å². The summed E-state index contributed by atoms with van der Waals surface area (Å²) in [4.78, 5) is 15.4. The number of carbonyl (C=O) groups excluding carboxylic acids is 1. The van der Waals surface area contributed by atoms with Crippen LogP contribution in [-0.4, -0.2) is 37.0 Å². The van der Waals surface area contributed by atoms with Gasteiger partial charge in [0.2, 0.25) is 5.91 Å². The van der Waals surface area contributed by atoms with Crippen molar-refractivity contribution in [1.29, 1.82) is 0 Å². The predicted octanol–water partition coefficient (Wildman–Crippen LogP) is 1.36. The molecule has 0 saturated carbocycles. The molecule has 0 atom stereocenters. The normalized spacial score (nSPS) is 16.6. The molecular formula is C12H16N2O. The number of anilines is 1. The second-order valence-electron chi connectivity index (χ2n) is 3.83. The van der Waals surface area contributed by atoms with E-state index in [4.69, 9.17) is 0 Å². The Bertz CT molecular complexity index is 329. The van der Waals surface area contributed by atoms with E-state index in [1.165, 1.54) is 5.69 Å². The van der Waals surface area contributed by atoms with Crippen molar-refractivity contribution in [3.05, 3.63) is 30.3 Å². The van der Waals surface area contributed by atoms with Gasteiger partial charge in [-0.15, -0.1) is 0 Å². The molecule has 0 radical (unpaired) electrons. The van der Waals surface area contributed by atoms with Gasteiger partial charge in [0.25, 0.3) is 0 Å². The molecule has 1 aliphatic rings. The second-order valence-corrected chi connectivity index (χ2v) is 3.83. The maximum Gasteiger partial charge on any atom is 0.219 e. The lowest BCUT2D eigenvalue weighted by atomic mass is 10.0. The standard InChI is InChI=1S/C12H16N2O/c1-11(15)13-7-9-14(10-8-13)12-5-3-2-4-6-12/h2-6H,7-10H2,1H3/i11-1. The van der Waals surface area contributed by atoms with Crippen molar-refractivity contribution in [2.75, 3.05) is 31.1 Å². The summed E-state index contributed by atoms with van der Waals surface area (Å²) in [7, 11) is 0. The van der Waals surface area contributed by atoms with Gasteiger partial charge in [-0.2, -0.15) is 0 Å². The van der Waals surface area contributed by atoms with Gasteiger partial charge in [-0.05, 0) is 12.1 Å². The molecule has 0 aliphatic carbocycles.